The number of nitrogens with zero attached hydrogens (tertiary/aromatic N) is 1. The number of amides is 1. The summed E-state index contributed by atoms with van der Waals surface area (Å²) in [6.45, 7) is 2.04. The van der Waals surface area contributed by atoms with Crippen LogP contribution in [0.1, 0.15) is 30.4 Å². The van der Waals surface area contributed by atoms with Crippen molar-refractivity contribution in [1.82, 2.24) is 4.90 Å². The Kier molecular flexibility index (Phi) is 4.80. The van der Waals surface area contributed by atoms with E-state index in [1.54, 1.807) is 0 Å². The highest BCUT2D eigenvalue weighted by molar-refractivity contribution is 6.31. The van der Waals surface area contributed by atoms with Crippen LogP contribution in [0, 0.1) is 0 Å². The lowest BCUT2D eigenvalue weighted by atomic mass is 10.0. The molecule has 0 saturated carbocycles. The number of carbonyl (C=O) groups excluding carboxylic acids is 1. The molecule has 0 aromatic heterocycles. The van der Waals surface area contributed by atoms with Crippen LogP contribution >= 0.6 is 11.6 Å². The van der Waals surface area contributed by atoms with Crippen LogP contribution < -0.4 is 11.5 Å². The van der Waals surface area contributed by atoms with Gasteiger partial charge in [0.25, 0.3) is 0 Å². The normalized spacial score (nSPS) is 20.4. The fraction of sp³-hybridized carbons (Fsp3) is 0.500. The highest BCUT2D eigenvalue weighted by Gasteiger charge is 2.27. The summed E-state index contributed by atoms with van der Waals surface area (Å²) in [5.41, 5.74) is 13.1. The molecule has 0 bridgehead atoms. The third-order valence-corrected chi connectivity index (χ3v) is 4.02. The Balaban J connectivity index is 2.12. The molecule has 4 nitrogen and oxygen atoms in total. The number of rotatable bonds is 4. The van der Waals surface area contributed by atoms with Gasteiger partial charge in [-0.1, -0.05) is 30.2 Å². The Hall–Kier alpha value is -1.10. The molecule has 1 aromatic carbocycles. The quantitative estimate of drug-likeness (QED) is 0.881. The van der Waals surface area contributed by atoms with Crippen LogP contribution in [0.25, 0.3) is 0 Å². The second-order valence-electron chi connectivity index (χ2n) is 5.01. The highest BCUT2D eigenvalue weighted by atomic mass is 35.5. The SMILES string of the molecule is NCc1ccc(CN2CCCCC2C(N)=O)c(Cl)c1. The monoisotopic (exact) mass is 281 g/mol. The third kappa shape index (κ3) is 3.47. The molecule has 0 aliphatic carbocycles. The topological polar surface area (TPSA) is 72.3 Å². The van der Waals surface area contributed by atoms with Gasteiger partial charge in [-0.25, -0.2) is 0 Å². The number of piperidine rings is 1. The molecule has 104 valence electrons. The number of nitrogens with two attached hydrogens (primary N) is 2. The lowest BCUT2D eigenvalue weighted by Gasteiger charge is -2.33. The fourth-order valence-electron chi connectivity index (χ4n) is 2.57. The van der Waals surface area contributed by atoms with Crippen molar-refractivity contribution in [2.45, 2.75) is 38.4 Å². The molecule has 1 unspecified atom stereocenters. The molecule has 19 heavy (non-hydrogen) atoms. The molecule has 1 fully saturated rings. The van der Waals surface area contributed by atoms with Gasteiger partial charge in [-0.15, -0.1) is 0 Å². The van der Waals surface area contributed by atoms with Gasteiger partial charge < -0.3 is 11.5 Å². The average Bonchev–Trinajstić information content (AvgIpc) is 2.41. The van der Waals surface area contributed by atoms with Gasteiger partial charge in [0.2, 0.25) is 5.91 Å². The van der Waals surface area contributed by atoms with E-state index in [0.717, 1.165) is 36.9 Å². The number of likely N-dealkylation sites (tertiary alicyclic amines) is 1. The zero-order valence-corrected chi connectivity index (χ0v) is 11.7. The molecule has 1 heterocycles. The summed E-state index contributed by atoms with van der Waals surface area (Å²) in [5, 5.41) is 0.705. The molecule has 1 aromatic rings. The first-order valence-electron chi connectivity index (χ1n) is 6.62. The molecule has 1 atom stereocenters. The second kappa shape index (κ2) is 6.37. The van der Waals surface area contributed by atoms with Gasteiger partial charge in [-0.3, -0.25) is 9.69 Å². The molecular weight excluding hydrogens is 262 g/mol. The minimum atomic E-state index is -0.241. The first kappa shape index (κ1) is 14.3. The van der Waals surface area contributed by atoms with Gasteiger partial charge in [0.05, 0.1) is 6.04 Å². The fourth-order valence-corrected chi connectivity index (χ4v) is 2.83. The second-order valence-corrected chi connectivity index (χ2v) is 5.42. The summed E-state index contributed by atoms with van der Waals surface area (Å²) in [6.07, 6.45) is 3.00. The van der Waals surface area contributed by atoms with E-state index in [0.29, 0.717) is 18.1 Å². The molecule has 1 aliphatic heterocycles. The maximum Gasteiger partial charge on any atom is 0.234 e. The first-order chi connectivity index (χ1) is 9.11. The largest absolute Gasteiger partial charge is 0.368 e. The Morgan fingerprint density at radius 1 is 1.42 bits per heavy atom. The zero-order chi connectivity index (χ0) is 13.8. The van der Waals surface area contributed by atoms with Crippen LogP contribution in [0.5, 0.6) is 0 Å². The van der Waals surface area contributed by atoms with Gasteiger partial charge >= 0.3 is 0 Å². The maximum atomic E-state index is 11.5. The van der Waals surface area contributed by atoms with Crippen molar-refractivity contribution in [3.05, 3.63) is 34.3 Å². The number of primary amides is 1. The van der Waals surface area contributed by atoms with E-state index in [1.165, 1.54) is 0 Å². The van der Waals surface area contributed by atoms with Crippen LogP contribution in [0.4, 0.5) is 0 Å². The molecule has 5 heteroatoms. The Morgan fingerprint density at radius 3 is 2.84 bits per heavy atom. The van der Waals surface area contributed by atoms with Crippen LogP contribution in [-0.4, -0.2) is 23.4 Å². The lowest BCUT2D eigenvalue weighted by molar-refractivity contribution is -0.124. The van der Waals surface area contributed by atoms with Crippen molar-refractivity contribution in [1.29, 1.82) is 0 Å². The number of carbonyl (C=O) groups is 1. The third-order valence-electron chi connectivity index (χ3n) is 3.67. The molecule has 2 rings (SSSR count). The number of benzene rings is 1. The summed E-state index contributed by atoms with van der Waals surface area (Å²) in [6, 6.07) is 5.68. The molecule has 0 radical (unpaired) electrons. The summed E-state index contributed by atoms with van der Waals surface area (Å²) >= 11 is 6.26. The standard InChI is InChI=1S/C14H20ClN3O/c15-12-7-10(8-16)4-5-11(12)9-18-6-2-1-3-13(18)14(17)19/h4-5,7,13H,1-3,6,8-9,16H2,(H2,17,19). The molecule has 4 N–H and O–H groups in total. The summed E-state index contributed by atoms with van der Waals surface area (Å²) in [4.78, 5) is 13.6. The predicted octanol–water partition coefficient (Wildman–Crippen LogP) is 1.64. The van der Waals surface area contributed by atoms with E-state index < -0.39 is 0 Å². The average molecular weight is 282 g/mol. The Labute approximate surface area is 118 Å². The number of hydrogen-bond acceptors (Lipinski definition) is 3. The Bertz CT molecular complexity index is 464. The minimum absolute atomic E-state index is 0.168. The van der Waals surface area contributed by atoms with Gasteiger partial charge in [0, 0.05) is 18.1 Å². The van der Waals surface area contributed by atoms with Crippen molar-refractivity contribution in [3.8, 4) is 0 Å². The number of hydrogen-bond donors (Lipinski definition) is 2. The minimum Gasteiger partial charge on any atom is -0.368 e. The molecule has 1 aliphatic rings. The van der Waals surface area contributed by atoms with Gasteiger partial charge in [-0.05, 0) is 36.6 Å². The maximum absolute atomic E-state index is 11.5. The van der Waals surface area contributed by atoms with Crippen molar-refractivity contribution < 1.29 is 4.79 Å². The van der Waals surface area contributed by atoms with Crippen molar-refractivity contribution in [3.63, 3.8) is 0 Å². The molecular formula is C14H20ClN3O. The summed E-state index contributed by atoms with van der Waals surface area (Å²) < 4.78 is 0. The van der Waals surface area contributed by atoms with E-state index in [9.17, 15) is 4.79 Å². The number of halogens is 1. The van der Waals surface area contributed by atoms with Crippen molar-refractivity contribution in [2.24, 2.45) is 11.5 Å². The highest BCUT2D eigenvalue weighted by Crippen LogP contribution is 2.24. The van der Waals surface area contributed by atoms with Gasteiger partial charge in [0.1, 0.15) is 0 Å². The van der Waals surface area contributed by atoms with E-state index in [-0.39, 0.29) is 11.9 Å². The van der Waals surface area contributed by atoms with E-state index in [4.69, 9.17) is 23.1 Å². The van der Waals surface area contributed by atoms with Crippen molar-refractivity contribution >= 4 is 17.5 Å². The molecule has 1 saturated heterocycles. The van der Waals surface area contributed by atoms with E-state index in [2.05, 4.69) is 4.90 Å². The zero-order valence-electron chi connectivity index (χ0n) is 10.9. The lowest BCUT2D eigenvalue weighted by Crippen LogP contribution is -2.47. The van der Waals surface area contributed by atoms with Gasteiger partial charge in [-0.2, -0.15) is 0 Å². The molecule has 1 amide bonds. The van der Waals surface area contributed by atoms with Gasteiger partial charge in [0.15, 0.2) is 0 Å². The van der Waals surface area contributed by atoms with E-state index in [1.807, 2.05) is 18.2 Å². The van der Waals surface area contributed by atoms with Crippen molar-refractivity contribution in [2.75, 3.05) is 6.54 Å². The summed E-state index contributed by atoms with van der Waals surface area (Å²) in [5.74, 6) is -0.241. The van der Waals surface area contributed by atoms with Crippen LogP contribution in [-0.2, 0) is 17.9 Å². The molecule has 0 spiro atoms. The predicted molar refractivity (Wildman–Crippen MR) is 76.6 cm³/mol. The van der Waals surface area contributed by atoms with E-state index >= 15 is 0 Å². The smallest absolute Gasteiger partial charge is 0.234 e. The Morgan fingerprint density at radius 2 is 2.21 bits per heavy atom. The van der Waals surface area contributed by atoms with Crippen LogP contribution in [0.2, 0.25) is 5.02 Å². The summed E-state index contributed by atoms with van der Waals surface area (Å²) in [7, 11) is 0. The van der Waals surface area contributed by atoms with Crippen LogP contribution in [0.15, 0.2) is 18.2 Å². The first-order valence-corrected chi connectivity index (χ1v) is 7.00. The van der Waals surface area contributed by atoms with Crippen LogP contribution in [0.3, 0.4) is 0 Å².